The third kappa shape index (κ3) is 4.21. The first-order valence-electron chi connectivity index (χ1n) is 8.31. The molecule has 0 aromatic heterocycles. The number of benzene rings is 2. The number of rotatable bonds is 6. The second-order valence-corrected chi connectivity index (χ2v) is 5.97. The number of hydrogen-bond donors (Lipinski definition) is 0. The van der Waals surface area contributed by atoms with Gasteiger partial charge in [0.1, 0.15) is 5.75 Å². The van der Waals surface area contributed by atoms with Crippen molar-refractivity contribution in [3.05, 3.63) is 42.5 Å². The summed E-state index contributed by atoms with van der Waals surface area (Å²) >= 11 is 0. The molecule has 1 aliphatic rings. The second kappa shape index (κ2) is 7.61. The van der Waals surface area contributed by atoms with Crippen LogP contribution in [0.4, 0.5) is 0 Å². The van der Waals surface area contributed by atoms with Gasteiger partial charge in [-0.2, -0.15) is 0 Å². The van der Waals surface area contributed by atoms with Crippen molar-refractivity contribution >= 4 is 10.8 Å². The van der Waals surface area contributed by atoms with Gasteiger partial charge in [-0.15, -0.1) is 0 Å². The first-order chi connectivity index (χ1) is 10.8. The van der Waals surface area contributed by atoms with E-state index in [0.29, 0.717) is 0 Å². The van der Waals surface area contributed by atoms with Crippen molar-refractivity contribution in [2.45, 2.75) is 32.5 Å². The first kappa shape index (κ1) is 15.3. The van der Waals surface area contributed by atoms with Crippen molar-refractivity contribution in [1.29, 1.82) is 0 Å². The molecule has 1 saturated heterocycles. The van der Waals surface area contributed by atoms with Gasteiger partial charge in [0.15, 0.2) is 6.29 Å². The largest absolute Gasteiger partial charge is 0.465 e. The molecule has 1 fully saturated rings. The summed E-state index contributed by atoms with van der Waals surface area (Å²) in [4.78, 5) is 2.48. The Balaban J connectivity index is 1.46. The number of ether oxygens (including phenoxy) is 2. The van der Waals surface area contributed by atoms with Gasteiger partial charge in [0.05, 0.1) is 6.61 Å². The van der Waals surface area contributed by atoms with E-state index in [1.54, 1.807) is 0 Å². The van der Waals surface area contributed by atoms with E-state index in [1.165, 1.54) is 43.1 Å². The summed E-state index contributed by atoms with van der Waals surface area (Å²) in [5, 5.41) is 2.43. The lowest BCUT2D eigenvalue weighted by molar-refractivity contribution is -0.0723. The van der Waals surface area contributed by atoms with Crippen molar-refractivity contribution in [3.8, 4) is 5.75 Å². The topological polar surface area (TPSA) is 21.7 Å². The number of likely N-dealkylation sites (tertiary alicyclic amines) is 1. The Bertz CT molecular complexity index is 593. The van der Waals surface area contributed by atoms with Crippen LogP contribution in [0.25, 0.3) is 10.8 Å². The van der Waals surface area contributed by atoms with E-state index in [4.69, 9.17) is 9.47 Å². The fraction of sp³-hybridized carbons (Fsp3) is 0.474. The molecule has 22 heavy (non-hydrogen) atoms. The molecule has 0 radical (unpaired) electrons. The summed E-state index contributed by atoms with van der Waals surface area (Å²) in [5.41, 5.74) is 0. The molecule has 3 rings (SSSR count). The summed E-state index contributed by atoms with van der Waals surface area (Å²) in [6, 6.07) is 14.5. The van der Waals surface area contributed by atoms with Gasteiger partial charge in [0, 0.05) is 6.54 Å². The molecule has 0 N–H and O–H groups in total. The quantitative estimate of drug-likeness (QED) is 0.751. The molecule has 1 atom stereocenters. The van der Waals surface area contributed by atoms with E-state index in [0.717, 1.165) is 18.9 Å². The van der Waals surface area contributed by atoms with Crippen LogP contribution in [0.3, 0.4) is 0 Å². The van der Waals surface area contributed by atoms with Crippen LogP contribution >= 0.6 is 0 Å². The zero-order valence-corrected chi connectivity index (χ0v) is 13.3. The Morgan fingerprint density at radius 3 is 2.59 bits per heavy atom. The van der Waals surface area contributed by atoms with Crippen molar-refractivity contribution in [3.63, 3.8) is 0 Å². The van der Waals surface area contributed by atoms with E-state index in [-0.39, 0.29) is 6.29 Å². The van der Waals surface area contributed by atoms with Gasteiger partial charge in [0.2, 0.25) is 0 Å². The predicted molar refractivity (Wildman–Crippen MR) is 90.3 cm³/mol. The van der Waals surface area contributed by atoms with Crippen molar-refractivity contribution in [2.75, 3.05) is 26.2 Å². The molecule has 1 heterocycles. The number of nitrogens with zero attached hydrogens (tertiary/aromatic N) is 1. The third-order valence-corrected chi connectivity index (χ3v) is 4.23. The Hall–Kier alpha value is -1.58. The monoisotopic (exact) mass is 299 g/mol. The molecule has 2 aromatic carbocycles. The zero-order chi connectivity index (χ0) is 15.2. The summed E-state index contributed by atoms with van der Waals surface area (Å²) in [6.07, 6.45) is 3.80. The first-order valence-corrected chi connectivity index (χ1v) is 8.31. The van der Waals surface area contributed by atoms with E-state index in [1.807, 2.05) is 19.1 Å². The van der Waals surface area contributed by atoms with Crippen molar-refractivity contribution < 1.29 is 9.47 Å². The van der Waals surface area contributed by atoms with Crippen LogP contribution in [0, 0.1) is 0 Å². The molecule has 0 bridgehead atoms. The van der Waals surface area contributed by atoms with E-state index >= 15 is 0 Å². The highest BCUT2D eigenvalue weighted by Crippen LogP contribution is 2.21. The maximum absolute atomic E-state index is 5.87. The zero-order valence-electron chi connectivity index (χ0n) is 13.3. The average molecular weight is 299 g/mol. The summed E-state index contributed by atoms with van der Waals surface area (Å²) in [7, 11) is 0. The lowest BCUT2D eigenvalue weighted by atomic mass is 10.1. The maximum atomic E-state index is 5.87. The highest BCUT2D eigenvalue weighted by molar-refractivity contribution is 5.83. The van der Waals surface area contributed by atoms with Crippen molar-refractivity contribution in [2.24, 2.45) is 0 Å². The summed E-state index contributed by atoms with van der Waals surface area (Å²) < 4.78 is 11.7. The Morgan fingerprint density at radius 1 is 1.00 bits per heavy atom. The van der Waals surface area contributed by atoms with Crippen LogP contribution < -0.4 is 4.74 Å². The third-order valence-electron chi connectivity index (χ3n) is 4.23. The molecule has 1 unspecified atom stereocenters. The second-order valence-electron chi connectivity index (χ2n) is 5.97. The Labute approximate surface area is 132 Å². The number of fused-ring (bicyclic) bond motifs is 1. The number of hydrogen-bond acceptors (Lipinski definition) is 3. The van der Waals surface area contributed by atoms with Gasteiger partial charge in [-0.3, -0.25) is 0 Å². The fourth-order valence-corrected chi connectivity index (χ4v) is 3.00. The molecule has 0 spiro atoms. The van der Waals surface area contributed by atoms with Crippen LogP contribution in [0.15, 0.2) is 42.5 Å². The minimum absolute atomic E-state index is 0.217. The normalized spacial score (nSPS) is 17.5. The van der Waals surface area contributed by atoms with Gasteiger partial charge in [-0.05, 0) is 55.8 Å². The van der Waals surface area contributed by atoms with E-state index in [9.17, 15) is 0 Å². The van der Waals surface area contributed by atoms with Gasteiger partial charge in [0.25, 0.3) is 0 Å². The van der Waals surface area contributed by atoms with Gasteiger partial charge in [-0.1, -0.05) is 36.8 Å². The smallest absolute Gasteiger partial charge is 0.197 e. The Morgan fingerprint density at radius 2 is 1.77 bits per heavy atom. The maximum Gasteiger partial charge on any atom is 0.197 e. The van der Waals surface area contributed by atoms with Gasteiger partial charge < -0.3 is 14.4 Å². The predicted octanol–water partition coefficient (Wildman–Crippen LogP) is 4.07. The van der Waals surface area contributed by atoms with Crippen LogP contribution in [-0.2, 0) is 4.74 Å². The highest BCUT2D eigenvalue weighted by Gasteiger charge is 2.11. The summed E-state index contributed by atoms with van der Waals surface area (Å²) in [5.74, 6) is 0.865. The number of piperidine rings is 1. The van der Waals surface area contributed by atoms with Crippen molar-refractivity contribution in [1.82, 2.24) is 4.90 Å². The van der Waals surface area contributed by atoms with Crippen LogP contribution in [0.2, 0.25) is 0 Å². The Kier molecular flexibility index (Phi) is 5.30. The molecule has 1 aliphatic heterocycles. The minimum Gasteiger partial charge on any atom is -0.465 e. The van der Waals surface area contributed by atoms with E-state index in [2.05, 4.69) is 35.2 Å². The van der Waals surface area contributed by atoms with Gasteiger partial charge in [-0.25, -0.2) is 0 Å². The van der Waals surface area contributed by atoms with Crippen LogP contribution in [0.5, 0.6) is 5.75 Å². The highest BCUT2D eigenvalue weighted by atomic mass is 16.7. The van der Waals surface area contributed by atoms with Crippen LogP contribution in [-0.4, -0.2) is 37.4 Å². The lowest BCUT2D eigenvalue weighted by Crippen LogP contribution is -2.33. The van der Waals surface area contributed by atoms with Crippen LogP contribution in [0.1, 0.15) is 26.2 Å². The molecule has 0 saturated carbocycles. The standard InChI is InChI=1S/C19H25NO2/c1-16(21-14-13-20-11-5-2-6-12-20)22-19-10-9-17-7-3-4-8-18(17)15-19/h3-4,7-10,15-16H,2,5-6,11-14H2,1H3. The molecular weight excluding hydrogens is 274 g/mol. The molecule has 3 heteroatoms. The van der Waals surface area contributed by atoms with Gasteiger partial charge >= 0.3 is 0 Å². The molecule has 2 aromatic rings. The average Bonchev–Trinajstić information content (AvgIpc) is 2.56. The summed E-state index contributed by atoms with van der Waals surface area (Å²) in [6.45, 7) is 6.12. The molecular formula is C19H25NO2. The van der Waals surface area contributed by atoms with E-state index < -0.39 is 0 Å². The minimum atomic E-state index is -0.217. The molecule has 118 valence electrons. The molecule has 0 amide bonds. The molecule has 0 aliphatic carbocycles. The fourth-order valence-electron chi connectivity index (χ4n) is 3.00. The lowest BCUT2D eigenvalue weighted by Gasteiger charge is -2.26. The molecule has 3 nitrogen and oxygen atoms in total. The SMILES string of the molecule is CC(OCCN1CCCCC1)Oc1ccc2ccccc2c1.